The average molecular weight is 117 g/mol. The van der Waals surface area contributed by atoms with Crippen molar-refractivity contribution in [1.29, 1.82) is 0 Å². The molecule has 1 aromatic rings. The Morgan fingerprint density at radius 3 is 2.83 bits per heavy atom. The van der Waals surface area contributed by atoms with Crippen LogP contribution >= 0.6 is 23.8 Å². The Hall–Kier alpha value is -0.150. The summed E-state index contributed by atoms with van der Waals surface area (Å²) in [7, 11) is 0. The third-order valence-electron chi connectivity index (χ3n) is 0.447. The predicted octanol–water partition coefficient (Wildman–Crippen LogP) is 1.81. The largest absolute Gasteiger partial charge is 0.317 e. The highest BCUT2D eigenvalue weighted by Gasteiger charge is 1.68. The maximum Gasteiger partial charge on any atom is 0.108 e. The molecule has 0 amide bonds. The topological polar surface area (TPSA) is 15.8 Å². The summed E-state index contributed by atoms with van der Waals surface area (Å²) in [6.07, 6.45) is 1.83. The lowest BCUT2D eigenvalue weighted by Crippen LogP contribution is -1.32. The molecule has 0 unspecified atom stereocenters. The smallest absolute Gasteiger partial charge is 0.108 e. The van der Waals surface area contributed by atoms with E-state index in [4.69, 9.17) is 12.2 Å². The number of aromatic amines is 1. The first-order valence-electron chi connectivity index (χ1n) is 1.52. The molecular formula is C3H3NS2. The molecule has 0 spiro atoms. The third-order valence-corrected chi connectivity index (χ3v) is 1.42. The van der Waals surface area contributed by atoms with Gasteiger partial charge < -0.3 is 4.37 Å². The summed E-state index contributed by atoms with van der Waals surface area (Å²) in [5, 5.41) is 0. The molecule has 0 aliphatic rings. The van der Waals surface area contributed by atoms with E-state index in [2.05, 4.69) is 4.37 Å². The third kappa shape index (κ3) is 0.666. The molecule has 0 saturated heterocycles. The Morgan fingerprint density at radius 1 is 1.83 bits per heavy atom. The van der Waals surface area contributed by atoms with Crippen LogP contribution in [-0.4, -0.2) is 4.37 Å². The zero-order valence-corrected chi connectivity index (χ0v) is 4.60. The molecule has 1 rings (SSSR count). The quantitative estimate of drug-likeness (QED) is 0.512. The van der Waals surface area contributed by atoms with Gasteiger partial charge in [0.2, 0.25) is 0 Å². The van der Waals surface area contributed by atoms with E-state index in [9.17, 15) is 0 Å². The summed E-state index contributed by atoms with van der Waals surface area (Å²) in [6.45, 7) is 0. The molecule has 0 aliphatic heterocycles. The van der Waals surface area contributed by atoms with Crippen LogP contribution in [-0.2, 0) is 0 Å². The van der Waals surface area contributed by atoms with Gasteiger partial charge in [0.25, 0.3) is 0 Å². The van der Waals surface area contributed by atoms with Crippen LogP contribution in [0.25, 0.3) is 0 Å². The van der Waals surface area contributed by atoms with E-state index >= 15 is 0 Å². The number of hydrogen-bond acceptors (Lipinski definition) is 2. The first kappa shape index (κ1) is 4.02. The molecule has 0 atom stereocenters. The Bertz CT molecular complexity index is 147. The molecule has 1 aromatic heterocycles. The number of nitrogens with one attached hydrogen (secondary N) is 1. The van der Waals surface area contributed by atoms with Gasteiger partial charge in [-0.1, -0.05) is 23.8 Å². The van der Waals surface area contributed by atoms with Gasteiger partial charge in [0.1, 0.15) is 3.82 Å². The van der Waals surface area contributed by atoms with E-state index in [1.54, 1.807) is 0 Å². The molecule has 0 aromatic carbocycles. The Balaban J connectivity index is 3.41. The molecule has 32 valence electrons. The van der Waals surface area contributed by atoms with Crippen molar-refractivity contribution in [2.45, 2.75) is 0 Å². The van der Waals surface area contributed by atoms with E-state index in [1.807, 2.05) is 12.3 Å². The summed E-state index contributed by atoms with van der Waals surface area (Å²) in [5.74, 6) is 0. The second-order valence-electron chi connectivity index (χ2n) is 0.872. The van der Waals surface area contributed by atoms with Gasteiger partial charge in [-0.2, -0.15) is 0 Å². The Labute approximate surface area is 44.8 Å². The standard InChI is InChI=1S/C3H3NS2/c5-3-1-2-4-6-3/h1-2,4H. The van der Waals surface area contributed by atoms with Crippen LogP contribution in [0.15, 0.2) is 12.3 Å². The zero-order chi connectivity index (χ0) is 4.41. The van der Waals surface area contributed by atoms with E-state index in [0.29, 0.717) is 0 Å². The molecule has 0 saturated carbocycles. The molecule has 6 heavy (non-hydrogen) atoms. The van der Waals surface area contributed by atoms with Gasteiger partial charge in [-0.15, -0.1) is 0 Å². The summed E-state index contributed by atoms with van der Waals surface area (Å²) in [5.41, 5.74) is 0. The van der Waals surface area contributed by atoms with Crippen molar-refractivity contribution in [3.8, 4) is 0 Å². The van der Waals surface area contributed by atoms with Crippen LogP contribution in [0.3, 0.4) is 0 Å². The second-order valence-corrected chi connectivity index (χ2v) is 2.45. The highest BCUT2D eigenvalue weighted by molar-refractivity contribution is 7.73. The summed E-state index contributed by atoms with van der Waals surface area (Å²) < 4.78 is 3.78. The highest BCUT2D eigenvalue weighted by atomic mass is 32.2. The fourth-order valence-electron chi connectivity index (χ4n) is 0.228. The molecule has 0 fully saturated rings. The fourth-order valence-corrected chi connectivity index (χ4v) is 0.829. The highest BCUT2D eigenvalue weighted by Crippen LogP contribution is 1.92. The minimum absolute atomic E-state index is 0.912. The molecule has 1 N–H and O–H groups in total. The Kier molecular flexibility index (Phi) is 1.03. The van der Waals surface area contributed by atoms with Crippen molar-refractivity contribution in [3.63, 3.8) is 0 Å². The van der Waals surface area contributed by atoms with Crippen LogP contribution in [0, 0.1) is 3.82 Å². The number of aromatic nitrogens is 1. The zero-order valence-electron chi connectivity index (χ0n) is 2.97. The first-order valence-corrected chi connectivity index (χ1v) is 2.75. The van der Waals surface area contributed by atoms with Crippen LogP contribution in [0.5, 0.6) is 0 Å². The number of rotatable bonds is 0. The maximum absolute atomic E-state index is 4.73. The van der Waals surface area contributed by atoms with Gasteiger partial charge in [-0.3, -0.25) is 0 Å². The maximum atomic E-state index is 4.73. The Morgan fingerprint density at radius 2 is 2.67 bits per heavy atom. The van der Waals surface area contributed by atoms with Gasteiger partial charge in [0, 0.05) is 6.20 Å². The summed E-state index contributed by atoms with van der Waals surface area (Å²) >= 11 is 6.20. The van der Waals surface area contributed by atoms with Gasteiger partial charge in [-0.05, 0) is 6.07 Å². The van der Waals surface area contributed by atoms with Gasteiger partial charge in [0.05, 0.1) is 0 Å². The van der Waals surface area contributed by atoms with Crippen molar-refractivity contribution in [2.75, 3.05) is 0 Å². The summed E-state index contributed by atoms with van der Waals surface area (Å²) in [6, 6.07) is 1.86. The monoisotopic (exact) mass is 117 g/mol. The van der Waals surface area contributed by atoms with Crippen molar-refractivity contribution < 1.29 is 0 Å². The second kappa shape index (κ2) is 1.53. The number of H-pyrrole nitrogens is 1. The molecule has 3 heteroatoms. The van der Waals surface area contributed by atoms with Crippen molar-refractivity contribution in [3.05, 3.63) is 16.1 Å². The summed E-state index contributed by atoms with van der Waals surface area (Å²) in [4.78, 5) is 0. The fraction of sp³-hybridized carbons (Fsp3) is 0. The SMILES string of the molecule is S=c1cc[nH]s1. The van der Waals surface area contributed by atoms with Crippen molar-refractivity contribution in [2.24, 2.45) is 0 Å². The first-order chi connectivity index (χ1) is 2.89. The minimum Gasteiger partial charge on any atom is -0.317 e. The van der Waals surface area contributed by atoms with Crippen molar-refractivity contribution in [1.82, 2.24) is 4.37 Å². The normalized spacial score (nSPS) is 8.67. The van der Waals surface area contributed by atoms with Crippen molar-refractivity contribution >= 4 is 23.8 Å². The molecule has 1 heterocycles. The van der Waals surface area contributed by atoms with E-state index < -0.39 is 0 Å². The predicted molar refractivity (Wildman–Crippen MR) is 29.5 cm³/mol. The molecular weight excluding hydrogens is 114 g/mol. The minimum atomic E-state index is 0.912. The molecule has 0 aliphatic carbocycles. The number of hydrogen-bond donors (Lipinski definition) is 1. The van der Waals surface area contributed by atoms with Crippen LogP contribution in [0.1, 0.15) is 0 Å². The van der Waals surface area contributed by atoms with Gasteiger partial charge >= 0.3 is 0 Å². The van der Waals surface area contributed by atoms with E-state index in [-0.39, 0.29) is 0 Å². The lowest BCUT2D eigenvalue weighted by atomic mass is 10.8. The molecule has 1 nitrogen and oxygen atoms in total. The molecule has 0 bridgehead atoms. The van der Waals surface area contributed by atoms with Gasteiger partial charge in [0.15, 0.2) is 0 Å². The lowest BCUT2D eigenvalue weighted by molar-refractivity contribution is 1.58. The van der Waals surface area contributed by atoms with Gasteiger partial charge in [-0.25, -0.2) is 0 Å². The van der Waals surface area contributed by atoms with Crippen LogP contribution in [0.2, 0.25) is 0 Å². The van der Waals surface area contributed by atoms with E-state index in [1.165, 1.54) is 11.5 Å². The molecule has 0 radical (unpaired) electrons. The van der Waals surface area contributed by atoms with Crippen LogP contribution < -0.4 is 0 Å². The van der Waals surface area contributed by atoms with E-state index in [0.717, 1.165) is 3.82 Å². The average Bonchev–Trinajstić information content (AvgIpc) is 1.86. The lowest BCUT2D eigenvalue weighted by Gasteiger charge is -1.49. The van der Waals surface area contributed by atoms with Crippen LogP contribution in [0.4, 0.5) is 0 Å².